The van der Waals surface area contributed by atoms with Gasteiger partial charge in [0.25, 0.3) is 0 Å². The zero-order valence-electron chi connectivity index (χ0n) is 12.6. The van der Waals surface area contributed by atoms with Crippen LogP contribution in [0.3, 0.4) is 0 Å². The predicted molar refractivity (Wildman–Crippen MR) is 80.7 cm³/mol. The first kappa shape index (κ1) is 14.8. The fourth-order valence-electron chi connectivity index (χ4n) is 2.76. The van der Waals surface area contributed by atoms with Gasteiger partial charge in [0.1, 0.15) is 5.82 Å². The minimum Gasteiger partial charge on any atom is -0.350 e. The number of hydrogen-bond donors (Lipinski definition) is 1. The molecule has 2 rings (SSSR count). The Morgan fingerprint density at radius 2 is 2.05 bits per heavy atom. The van der Waals surface area contributed by atoms with Crippen molar-refractivity contribution in [2.75, 3.05) is 31.6 Å². The average molecular weight is 276 g/mol. The van der Waals surface area contributed by atoms with Crippen LogP contribution >= 0.6 is 0 Å². The Balaban J connectivity index is 2.15. The van der Waals surface area contributed by atoms with E-state index < -0.39 is 0 Å². The third-order valence-corrected chi connectivity index (χ3v) is 3.85. The first-order valence-electron chi connectivity index (χ1n) is 7.19. The molecule has 0 saturated carbocycles. The summed E-state index contributed by atoms with van der Waals surface area (Å²) in [7, 11) is 1.91. The molecule has 1 aliphatic heterocycles. The van der Waals surface area contributed by atoms with E-state index in [4.69, 9.17) is 5.73 Å². The normalized spacial score (nSPS) is 14.7. The number of carbonyl (C=O) groups is 1. The van der Waals surface area contributed by atoms with Gasteiger partial charge in [0.2, 0.25) is 5.91 Å². The molecular weight excluding hydrogens is 252 g/mol. The minimum atomic E-state index is 0.175. The summed E-state index contributed by atoms with van der Waals surface area (Å²) in [5.74, 6) is 1.01. The molecule has 0 bridgehead atoms. The van der Waals surface area contributed by atoms with Gasteiger partial charge < -0.3 is 15.5 Å². The highest BCUT2D eigenvalue weighted by Crippen LogP contribution is 2.21. The van der Waals surface area contributed by atoms with Crippen LogP contribution in [-0.4, -0.2) is 42.5 Å². The molecule has 5 nitrogen and oxygen atoms in total. The summed E-state index contributed by atoms with van der Waals surface area (Å²) < 4.78 is 0. The molecule has 1 saturated heterocycles. The Hall–Kier alpha value is -1.62. The Bertz CT molecular complexity index is 495. The van der Waals surface area contributed by atoms with Crippen molar-refractivity contribution < 1.29 is 4.79 Å². The molecule has 2 heterocycles. The molecule has 0 spiro atoms. The topological polar surface area (TPSA) is 62.5 Å². The van der Waals surface area contributed by atoms with E-state index in [0.717, 1.165) is 48.6 Å². The standard InChI is InChI=1S/C15H24N4O/c1-11-8-12(2)17-15(13(11)9-16)18(3)10-14(20)19-6-4-5-7-19/h8H,4-7,9-10,16H2,1-3H3. The molecule has 0 aliphatic carbocycles. The van der Waals surface area contributed by atoms with E-state index in [1.54, 1.807) is 0 Å². The fourth-order valence-corrected chi connectivity index (χ4v) is 2.76. The van der Waals surface area contributed by atoms with Crippen molar-refractivity contribution in [3.63, 3.8) is 0 Å². The van der Waals surface area contributed by atoms with Crippen LogP contribution in [0.15, 0.2) is 6.07 Å². The van der Waals surface area contributed by atoms with Crippen LogP contribution < -0.4 is 10.6 Å². The maximum Gasteiger partial charge on any atom is 0.242 e. The van der Waals surface area contributed by atoms with E-state index in [9.17, 15) is 4.79 Å². The lowest BCUT2D eigenvalue weighted by molar-refractivity contribution is -0.128. The highest BCUT2D eigenvalue weighted by Gasteiger charge is 2.21. The third kappa shape index (κ3) is 3.10. The van der Waals surface area contributed by atoms with Crippen molar-refractivity contribution in [2.24, 2.45) is 5.73 Å². The number of likely N-dealkylation sites (N-methyl/N-ethyl adjacent to an activating group) is 1. The van der Waals surface area contributed by atoms with Crippen molar-refractivity contribution in [1.29, 1.82) is 0 Å². The van der Waals surface area contributed by atoms with Gasteiger partial charge in [-0.05, 0) is 38.3 Å². The maximum atomic E-state index is 12.2. The second kappa shape index (κ2) is 6.22. The summed E-state index contributed by atoms with van der Waals surface area (Å²) in [5.41, 5.74) is 8.94. The summed E-state index contributed by atoms with van der Waals surface area (Å²) in [5, 5.41) is 0. The summed E-state index contributed by atoms with van der Waals surface area (Å²) in [4.78, 5) is 20.6. The molecule has 1 aromatic heterocycles. The van der Waals surface area contributed by atoms with Gasteiger partial charge >= 0.3 is 0 Å². The summed E-state index contributed by atoms with van der Waals surface area (Å²) in [6.07, 6.45) is 2.23. The summed E-state index contributed by atoms with van der Waals surface area (Å²) in [6.45, 7) is 6.58. The molecule has 0 atom stereocenters. The molecule has 1 amide bonds. The molecule has 1 fully saturated rings. The van der Waals surface area contributed by atoms with Crippen molar-refractivity contribution in [3.05, 3.63) is 22.9 Å². The van der Waals surface area contributed by atoms with E-state index in [0.29, 0.717) is 13.1 Å². The van der Waals surface area contributed by atoms with Gasteiger partial charge in [0, 0.05) is 37.9 Å². The molecule has 110 valence electrons. The number of amides is 1. The second-order valence-electron chi connectivity index (χ2n) is 5.53. The molecule has 1 aromatic rings. The van der Waals surface area contributed by atoms with Crippen LogP contribution in [0.2, 0.25) is 0 Å². The smallest absolute Gasteiger partial charge is 0.242 e. The zero-order chi connectivity index (χ0) is 14.7. The number of nitrogens with zero attached hydrogens (tertiary/aromatic N) is 3. The number of rotatable bonds is 4. The van der Waals surface area contributed by atoms with Gasteiger partial charge in [-0.15, -0.1) is 0 Å². The van der Waals surface area contributed by atoms with Crippen LogP contribution in [0.5, 0.6) is 0 Å². The molecule has 0 radical (unpaired) electrons. The van der Waals surface area contributed by atoms with E-state index in [1.807, 2.05) is 36.8 Å². The molecule has 0 aromatic carbocycles. The van der Waals surface area contributed by atoms with E-state index in [-0.39, 0.29) is 5.91 Å². The lowest BCUT2D eigenvalue weighted by atomic mass is 10.1. The number of aromatic nitrogens is 1. The monoisotopic (exact) mass is 276 g/mol. The third-order valence-electron chi connectivity index (χ3n) is 3.85. The SMILES string of the molecule is Cc1cc(C)c(CN)c(N(C)CC(=O)N2CCCC2)n1. The Kier molecular flexibility index (Phi) is 4.60. The molecule has 2 N–H and O–H groups in total. The predicted octanol–water partition coefficient (Wildman–Crippen LogP) is 1.22. The average Bonchev–Trinajstić information content (AvgIpc) is 2.91. The minimum absolute atomic E-state index is 0.175. The largest absolute Gasteiger partial charge is 0.350 e. The van der Waals surface area contributed by atoms with Crippen molar-refractivity contribution in [1.82, 2.24) is 9.88 Å². The lowest BCUT2D eigenvalue weighted by Gasteiger charge is -2.24. The number of likely N-dealkylation sites (tertiary alicyclic amines) is 1. The first-order valence-corrected chi connectivity index (χ1v) is 7.19. The number of hydrogen-bond acceptors (Lipinski definition) is 4. The molecular formula is C15H24N4O. The van der Waals surface area contributed by atoms with E-state index in [1.165, 1.54) is 0 Å². The Morgan fingerprint density at radius 1 is 1.40 bits per heavy atom. The van der Waals surface area contributed by atoms with E-state index >= 15 is 0 Å². The number of anilines is 1. The summed E-state index contributed by atoms with van der Waals surface area (Å²) >= 11 is 0. The Morgan fingerprint density at radius 3 is 2.65 bits per heavy atom. The highest BCUT2D eigenvalue weighted by atomic mass is 16.2. The number of nitrogens with two attached hydrogens (primary N) is 1. The number of carbonyl (C=O) groups excluding carboxylic acids is 1. The molecule has 20 heavy (non-hydrogen) atoms. The maximum absolute atomic E-state index is 12.2. The van der Waals surface area contributed by atoms with Crippen molar-refractivity contribution >= 4 is 11.7 Å². The molecule has 1 aliphatic rings. The fraction of sp³-hybridized carbons (Fsp3) is 0.600. The summed E-state index contributed by atoms with van der Waals surface area (Å²) in [6, 6.07) is 2.03. The van der Waals surface area contributed by atoms with Crippen LogP contribution in [-0.2, 0) is 11.3 Å². The van der Waals surface area contributed by atoms with Gasteiger partial charge in [-0.2, -0.15) is 0 Å². The number of pyridine rings is 1. The quantitative estimate of drug-likeness (QED) is 0.898. The first-order chi connectivity index (χ1) is 9.52. The van der Waals surface area contributed by atoms with Crippen molar-refractivity contribution in [3.8, 4) is 0 Å². The van der Waals surface area contributed by atoms with Crippen LogP contribution in [0.1, 0.15) is 29.7 Å². The van der Waals surface area contributed by atoms with Crippen LogP contribution in [0.4, 0.5) is 5.82 Å². The van der Waals surface area contributed by atoms with Gasteiger partial charge in [0.15, 0.2) is 0 Å². The molecule has 0 unspecified atom stereocenters. The van der Waals surface area contributed by atoms with Crippen LogP contribution in [0, 0.1) is 13.8 Å². The molecule has 5 heteroatoms. The second-order valence-corrected chi connectivity index (χ2v) is 5.53. The lowest BCUT2D eigenvalue weighted by Crippen LogP contribution is -2.38. The van der Waals surface area contributed by atoms with Gasteiger partial charge in [0.05, 0.1) is 6.54 Å². The highest BCUT2D eigenvalue weighted by molar-refractivity contribution is 5.81. The van der Waals surface area contributed by atoms with Crippen molar-refractivity contribution in [2.45, 2.75) is 33.2 Å². The van der Waals surface area contributed by atoms with Gasteiger partial charge in [-0.1, -0.05) is 0 Å². The van der Waals surface area contributed by atoms with Gasteiger partial charge in [-0.3, -0.25) is 4.79 Å². The number of aryl methyl sites for hydroxylation is 2. The zero-order valence-corrected chi connectivity index (χ0v) is 12.6. The Labute approximate surface area is 120 Å². The van der Waals surface area contributed by atoms with Crippen LogP contribution in [0.25, 0.3) is 0 Å². The van der Waals surface area contributed by atoms with Gasteiger partial charge in [-0.25, -0.2) is 4.98 Å². The van der Waals surface area contributed by atoms with E-state index in [2.05, 4.69) is 4.98 Å².